The Morgan fingerprint density at radius 1 is 0.781 bits per heavy atom. The highest BCUT2D eigenvalue weighted by Crippen LogP contribution is 2.32. The number of hydrogen-bond donors (Lipinski definition) is 0. The zero-order chi connectivity index (χ0) is 22.7. The van der Waals surface area contributed by atoms with Gasteiger partial charge in [-0.25, -0.2) is 4.98 Å². The Labute approximate surface area is 190 Å². The van der Waals surface area contributed by atoms with Gasteiger partial charge in [-0.2, -0.15) is 0 Å². The zero-order valence-electron chi connectivity index (χ0n) is 19.6. The summed E-state index contributed by atoms with van der Waals surface area (Å²) in [7, 11) is 3.33. The molecule has 0 N–H and O–H groups in total. The summed E-state index contributed by atoms with van der Waals surface area (Å²) in [6, 6.07) is 14.7. The number of piperazine rings is 1. The molecule has 32 heavy (non-hydrogen) atoms. The van der Waals surface area contributed by atoms with Crippen LogP contribution in [0.4, 0.5) is 11.5 Å². The molecule has 0 aliphatic carbocycles. The summed E-state index contributed by atoms with van der Waals surface area (Å²) in [4.78, 5) is 14.1. The van der Waals surface area contributed by atoms with Crippen LogP contribution >= 0.6 is 0 Å². The maximum absolute atomic E-state index is 5.46. The highest BCUT2D eigenvalue weighted by molar-refractivity contribution is 5.61. The quantitative estimate of drug-likeness (QED) is 0.578. The molecule has 2 heterocycles. The van der Waals surface area contributed by atoms with Crippen molar-refractivity contribution in [1.82, 2.24) is 9.97 Å². The van der Waals surface area contributed by atoms with Crippen LogP contribution in [-0.4, -0.2) is 50.4 Å². The molecule has 1 saturated heterocycles. The van der Waals surface area contributed by atoms with Crippen LogP contribution in [0.15, 0.2) is 54.9 Å². The molecule has 0 spiro atoms. The Balaban J connectivity index is 1.45. The molecule has 2 aromatic carbocycles. The average Bonchev–Trinajstić information content (AvgIpc) is 2.83. The minimum atomic E-state index is 0.139. The fraction of sp³-hybridized carbons (Fsp3) is 0.385. The van der Waals surface area contributed by atoms with Crippen molar-refractivity contribution in [1.29, 1.82) is 0 Å². The summed E-state index contributed by atoms with van der Waals surface area (Å²) in [5.41, 5.74) is 4.60. The van der Waals surface area contributed by atoms with E-state index in [-0.39, 0.29) is 5.41 Å². The maximum atomic E-state index is 5.46. The van der Waals surface area contributed by atoms with Crippen LogP contribution in [0.25, 0.3) is 11.3 Å². The van der Waals surface area contributed by atoms with Crippen molar-refractivity contribution in [3.05, 3.63) is 60.4 Å². The minimum Gasteiger partial charge on any atom is -0.493 e. The van der Waals surface area contributed by atoms with Gasteiger partial charge in [-0.15, -0.1) is 0 Å². The molecule has 3 aromatic rings. The van der Waals surface area contributed by atoms with Gasteiger partial charge in [0.15, 0.2) is 11.5 Å². The molecule has 0 atom stereocenters. The molecule has 4 rings (SSSR count). The minimum absolute atomic E-state index is 0.139. The monoisotopic (exact) mass is 432 g/mol. The summed E-state index contributed by atoms with van der Waals surface area (Å²) in [6.45, 7) is 10.3. The Hall–Kier alpha value is -3.28. The lowest BCUT2D eigenvalue weighted by atomic mass is 9.86. The fourth-order valence-electron chi connectivity index (χ4n) is 4.00. The van der Waals surface area contributed by atoms with E-state index in [0.29, 0.717) is 0 Å². The van der Waals surface area contributed by atoms with Crippen LogP contribution in [0, 0.1) is 0 Å². The summed E-state index contributed by atoms with van der Waals surface area (Å²) in [5.74, 6) is 2.43. The lowest BCUT2D eigenvalue weighted by Gasteiger charge is -2.36. The first-order valence-corrected chi connectivity index (χ1v) is 11.0. The van der Waals surface area contributed by atoms with E-state index >= 15 is 0 Å². The largest absolute Gasteiger partial charge is 0.493 e. The Bertz CT molecular complexity index is 1050. The smallest absolute Gasteiger partial charge is 0.162 e. The highest BCUT2D eigenvalue weighted by atomic mass is 16.5. The van der Waals surface area contributed by atoms with Gasteiger partial charge >= 0.3 is 0 Å². The van der Waals surface area contributed by atoms with E-state index < -0.39 is 0 Å². The predicted molar refractivity (Wildman–Crippen MR) is 130 cm³/mol. The summed E-state index contributed by atoms with van der Waals surface area (Å²) in [6.07, 6.45) is 3.70. The van der Waals surface area contributed by atoms with Crippen molar-refractivity contribution in [3.8, 4) is 22.8 Å². The van der Waals surface area contributed by atoms with E-state index in [1.165, 1.54) is 5.56 Å². The van der Waals surface area contributed by atoms with Gasteiger partial charge in [0, 0.05) is 43.5 Å². The van der Waals surface area contributed by atoms with Crippen LogP contribution in [-0.2, 0) is 5.41 Å². The van der Waals surface area contributed by atoms with Gasteiger partial charge in [0.05, 0.1) is 32.3 Å². The van der Waals surface area contributed by atoms with E-state index in [9.17, 15) is 0 Å². The SMILES string of the molecule is COc1ccc(N2CCN(c3cncc(-c4ccc(C(C)(C)C)cc4)n3)CC2)cc1OC. The first-order valence-electron chi connectivity index (χ1n) is 11.0. The number of rotatable bonds is 5. The zero-order valence-corrected chi connectivity index (χ0v) is 19.6. The highest BCUT2D eigenvalue weighted by Gasteiger charge is 2.20. The number of methoxy groups -OCH3 is 2. The molecule has 1 aliphatic heterocycles. The van der Waals surface area contributed by atoms with Gasteiger partial charge in [0.25, 0.3) is 0 Å². The van der Waals surface area contributed by atoms with Gasteiger partial charge in [-0.1, -0.05) is 45.0 Å². The lowest BCUT2D eigenvalue weighted by Crippen LogP contribution is -2.46. The van der Waals surface area contributed by atoms with Crippen molar-refractivity contribution in [2.75, 3.05) is 50.2 Å². The van der Waals surface area contributed by atoms with Crippen molar-refractivity contribution in [3.63, 3.8) is 0 Å². The standard InChI is InChI=1S/C26H32N4O2/c1-26(2,3)20-8-6-19(7-9-20)22-17-27-18-25(28-22)30-14-12-29(13-15-30)21-10-11-23(31-4)24(16-21)32-5/h6-11,16-18H,12-15H2,1-5H3. The number of benzene rings is 2. The van der Waals surface area contributed by atoms with Gasteiger partial charge < -0.3 is 19.3 Å². The van der Waals surface area contributed by atoms with Crippen LogP contribution in [0.1, 0.15) is 26.3 Å². The molecule has 168 valence electrons. The third kappa shape index (κ3) is 4.64. The van der Waals surface area contributed by atoms with E-state index in [2.05, 4.69) is 65.9 Å². The van der Waals surface area contributed by atoms with Gasteiger partial charge in [-0.3, -0.25) is 4.98 Å². The molecule has 0 radical (unpaired) electrons. The molecular weight excluding hydrogens is 400 g/mol. The second kappa shape index (κ2) is 9.07. The third-order valence-corrected chi connectivity index (χ3v) is 6.00. The topological polar surface area (TPSA) is 50.7 Å². The Kier molecular flexibility index (Phi) is 6.21. The van der Waals surface area contributed by atoms with Crippen molar-refractivity contribution in [2.45, 2.75) is 26.2 Å². The normalized spacial score (nSPS) is 14.4. The van der Waals surface area contributed by atoms with Crippen molar-refractivity contribution >= 4 is 11.5 Å². The number of ether oxygens (including phenoxy) is 2. The molecule has 6 heteroatoms. The maximum Gasteiger partial charge on any atom is 0.162 e. The van der Waals surface area contributed by atoms with E-state index in [0.717, 1.165) is 60.4 Å². The molecule has 0 unspecified atom stereocenters. The number of hydrogen-bond acceptors (Lipinski definition) is 6. The number of aromatic nitrogens is 2. The third-order valence-electron chi connectivity index (χ3n) is 6.00. The molecule has 1 fully saturated rings. The first kappa shape index (κ1) is 21.9. The lowest BCUT2D eigenvalue weighted by molar-refractivity contribution is 0.355. The van der Waals surface area contributed by atoms with Crippen molar-refractivity contribution in [2.24, 2.45) is 0 Å². The molecular formula is C26H32N4O2. The van der Waals surface area contributed by atoms with Crippen LogP contribution < -0.4 is 19.3 Å². The fourth-order valence-corrected chi connectivity index (χ4v) is 4.00. The first-order chi connectivity index (χ1) is 15.4. The average molecular weight is 433 g/mol. The van der Waals surface area contributed by atoms with Crippen molar-refractivity contribution < 1.29 is 9.47 Å². The van der Waals surface area contributed by atoms with Gasteiger partial charge in [-0.05, 0) is 23.1 Å². The number of anilines is 2. The van der Waals surface area contributed by atoms with E-state index in [4.69, 9.17) is 14.5 Å². The van der Waals surface area contributed by atoms with Crippen LogP contribution in [0.3, 0.4) is 0 Å². The molecule has 1 aromatic heterocycles. The predicted octanol–water partition coefficient (Wildman–Crippen LogP) is 4.78. The summed E-state index contributed by atoms with van der Waals surface area (Å²) in [5, 5.41) is 0. The molecule has 0 saturated carbocycles. The molecule has 1 aliphatic rings. The molecule has 0 bridgehead atoms. The second-order valence-corrected chi connectivity index (χ2v) is 9.10. The second-order valence-electron chi connectivity index (χ2n) is 9.10. The summed E-state index contributed by atoms with van der Waals surface area (Å²) < 4.78 is 10.8. The van der Waals surface area contributed by atoms with Gasteiger partial charge in [0.1, 0.15) is 5.82 Å². The van der Waals surface area contributed by atoms with Crippen LogP contribution in [0.5, 0.6) is 11.5 Å². The van der Waals surface area contributed by atoms with Gasteiger partial charge in [0.2, 0.25) is 0 Å². The summed E-state index contributed by atoms with van der Waals surface area (Å²) >= 11 is 0. The molecule has 6 nitrogen and oxygen atoms in total. The van der Waals surface area contributed by atoms with E-state index in [1.54, 1.807) is 14.2 Å². The number of nitrogens with zero attached hydrogens (tertiary/aromatic N) is 4. The Morgan fingerprint density at radius 3 is 2.06 bits per heavy atom. The van der Waals surface area contributed by atoms with E-state index in [1.807, 2.05) is 24.5 Å². The molecule has 0 amide bonds. The Morgan fingerprint density at radius 2 is 1.44 bits per heavy atom. The van der Waals surface area contributed by atoms with Crippen LogP contribution in [0.2, 0.25) is 0 Å².